The smallest absolute Gasteiger partial charge is 0.282 e. The molecule has 0 unspecified atom stereocenters. The Kier molecular flexibility index (Phi) is 6.06. The maximum Gasteiger partial charge on any atom is 0.282 e. The number of rotatable bonds is 7. The zero-order valence-corrected chi connectivity index (χ0v) is 17.9. The van der Waals surface area contributed by atoms with E-state index in [1.54, 1.807) is 11.0 Å². The van der Waals surface area contributed by atoms with Gasteiger partial charge in [-0.25, -0.2) is 18.7 Å². The number of thiazole rings is 1. The number of hydrogen-bond donors (Lipinski definition) is 1. The maximum absolute atomic E-state index is 13.1. The second kappa shape index (κ2) is 8.58. The molecule has 2 fully saturated rings. The molecule has 0 spiro atoms. The lowest BCUT2D eigenvalue weighted by Gasteiger charge is -2.38. The van der Waals surface area contributed by atoms with Gasteiger partial charge in [-0.2, -0.15) is 0 Å². The molecule has 1 saturated heterocycles. The highest BCUT2D eigenvalue weighted by atomic mass is 32.1. The van der Waals surface area contributed by atoms with E-state index in [1.807, 2.05) is 13.0 Å². The van der Waals surface area contributed by atoms with Gasteiger partial charge in [0, 0.05) is 19.0 Å². The molecule has 1 aliphatic heterocycles. The third kappa shape index (κ3) is 5.15. The van der Waals surface area contributed by atoms with Crippen LogP contribution >= 0.6 is 11.3 Å². The third-order valence-electron chi connectivity index (χ3n) is 5.27. The molecule has 3 heterocycles. The number of fused-ring (bicyclic) bond motifs is 1. The predicted molar refractivity (Wildman–Crippen MR) is 110 cm³/mol. The van der Waals surface area contributed by atoms with E-state index < -0.39 is 5.92 Å². The first-order valence-corrected chi connectivity index (χ1v) is 11.0. The van der Waals surface area contributed by atoms with Crippen molar-refractivity contribution in [2.24, 2.45) is 0 Å². The Balaban J connectivity index is 1.26. The molecule has 0 radical (unpaired) electrons. The molecule has 30 heavy (non-hydrogen) atoms. The molecule has 7 nitrogen and oxygen atoms in total. The molecule has 0 bridgehead atoms. The average Bonchev–Trinajstić information content (AvgIpc) is 3.08. The summed E-state index contributed by atoms with van der Waals surface area (Å²) in [6.07, 6.45) is 3.78. The molecule has 1 saturated carbocycles. The Morgan fingerprint density at radius 1 is 1.27 bits per heavy atom. The predicted octanol–water partition coefficient (Wildman–Crippen LogP) is 3.38. The van der Waals surface area contributed by atoms with Crippen LogP contribution in [0.1, 0.15) is 39.5 Å². The number of nitrogens with one attached hydrogen (secondary N) is 1. The summed E-state index contributed by atoms with van der Waals surface area (Å²) in [4.78, 5) is 22.2. The molecule has 1 atom stereocenters. The van der Waals surface area contributed by atoms with Crippen molar-refractivity contribution in [3.8, 4) is 5.88 Å². The topological polar surface area (TPSA) is 76.6 Å². The average molecular weight is 441 g/mol. The van der Waals surface area contributed by atoms with Gasteiger partial charge in [0.25, 0.3) is 5.92 Å². The van der Waals surface area contributed by atoms with Crippen molar-refractivity contribution >= 4 is 32.7 Å². The van der Waals surface area contributed by atoms with Crippen molar-refractivity contribution in [3.63, 3.8) is 0 Å². The molecule has 164 valence electrons. The summed E-state index contributed by atoms with van der Waals surface area (Å²) in [5, 5.41) is 3.39. The summed E-state index contributed by atoms with van der Waals surface area (Å²) in [7, 11) is 0. The number of carbonyl (C=O) groups excluding carboxylic acids is 1. The van der Waals surface area contributed by atoms with Gasteiger partial charge in [0.15, 0.2) is 5.13 Å². The first kappa shape index (κ1) is 21.2. The first-order valence-electron chi connectivity index (χ1n) is 10.2. The van der Waals surface area contributed by atoms with Crippen molar-refractivity contribution in [1.82, 2.24) is 15.3 Å². The van der Waals surface area contributed by atoms with Crippen molar-refractivity contribution in [3.05, 3.63) is 12.1 Å². The molecule has 0 aromatic carbocycles. The van der Waals surface area contributed by atoms with Crippen LogP contribution in [-0.4, -0.2) is 59.7 Å². The van der Waals surface area contributed by atoms with Crippen molar-refractivity contribution in [2.45, 2.75) is 63.7 Å². The Labute approximate surface area is 177 Å². The zero-order chi connectivity index (χ0) is 21.3. The van der Waals surface area contributed by atoms with Crippen LogP contribution in [0.25, 0.3) is 10.3 Å². The summed E-state index contributed by atoms with van der Waals surface area (Å²) < 4.78 is 38.1. The van der Waals surface area contributed by atoms with Crippen LogP contribution in [0.15, 0.2) is 12.1 Å². The molecule has 1 amide bonds. The molecular weight excluding hydrogens is 414 g/mol. The molecule has 10 heteroatoms. The molecule has 4 rings (SSSR count). The number of carbonyl (C=O) groups is 1. The standard InChI is InChI=1S/C20H26F2N4O3S/c1-12(23-13(2)27)9-28-14-3-5-15(6-4-14)29-17-8-7-16-18(25-17)30-19(24-16)26-10-20(21,22)11-26/h7-8,12,14-15H,3-6,9-11H2,1-2H3,(H,23,27)/t12-,14?,15?/m0/s1. The van der Waals surface area contributed by atoms with Gasteiger partial charge in [-0.15, -0.1) is 0 Å². The van der Waals surface area contributed by atoms with Gasteiger partial charge in [0.1, 0.15) is 16.5 Å². The van der Waals surface area contributed by atoms with Crippen LogP contribution in [0.5, 0.6) is 5.88 Å². The van der Waals surface area contributed by atoms with E-state index in [4.69, 9.17) is 9.47 Å². The highest BCUT2D eigenvalue weighted by molar-refractivity contribution is 7.21. The van der Waals surface area contributed by atoms with Crippen LogP contribution in [0.2, 0.25) is 0 Å². The largest absolute Gasteiger partial charge is 0.474 e. The number of hydrogen-bond acceptors (Lipinski definition) is 7. The summed E-state index contributed by atoms with van der Waals surface area (Å²) in [5.41, 5.74) is 0.697. The van der Waals surface area contributed by atoms with E-state index >= 15 is 0 Å². The lowest BCUT2D eigenvalue weighted by atomic mass is 9.95. The third-order valence-corrected chi connectivity index (χ3v) is 6.30. The second-order valence-electron chi connectivity index (χ2n) is 8.13. The number of pyridine rings is 1. The summed E-state index contributed by atoms with van der Waals surface area (Å²) >= 11 is 1.31. The fourth-order valence-corrected chi connectivity index (χ4v) is 4.72. The minimum Gasteiger partial charge on any atom is -0.474 e. The zero-order valence-electron chi connectivity index (χ0n) is 17.1. The van der Waals surface area contributed by atoms with Crippen LogP contribution in [-0.2, 0) is 9.53 Å². The number of alkyl halides is 2. The number of amides is 1. The van der Waals surface area contributed by atoms with Crippen LogP contribution in [0.4, 0.5) is 13.9 Å². The lowest BCUT2D eigenvalue weighted by molar-refractivity contribution is -0.120. The number of ether oxygens (including phenoxy) is 2. The number of halogens is 2. The first-order chi connectivity index (χ1) is 14.3. The van der Waals surface area contributed by atoms with Gasteiger partial charge < -0.3 is 19.7 Å². The Morgan fingerprint density at radius 2 is 1.97 bits per heavy atom. The fourth-order valence-electron chi connectivity index (χ4n) is 3.79. The van der Waals surface area contributed by atoms with E-state index in [9.17, 15) is 13.6 Å². The van der Waals surface area contributed by atoms with Gasteiger partial charge in [0.05, 0.1) is 25.8 Å². The van der Waals surface area contributed by atoms with Crippen LogP contribution in [0.3, 0.4) is 0 Å². The van der Waals surface area contributed by atoms with Crippen molar-refractivity contribution < 1.29 is 23.0 Å². The van der Waals surface area contributed by atoms with Gasteiger partial charge in [-0.3, -0.25) is 4.79 Å². The molecule has 1 N–H and O–H groups in total. The van der Waals surface area contributed by atoms with E-state index in [-0.39, 0.29) is 37.2 Å². The van der Waals surface area contributed by atoms with Crippen LogP contribution in [0, 0.1) is 0 Å². The van der Waals surface area contributed by atoms with Gasteiger partial charge in [0.2, 0.25) is 11.8 Å². The molecule has 2 aromatic heterocycles. The van der Waals surface area contributed by atoms with Crippen molar-refractivity contribution in [1.29, 1.82) is 0 Å². The van der Waals surface area contributed by atoms with Crippen molar-refractivity contribution in [2.75, 3.05) is 24.6 Å². The fraction of sp³-hybridized carbons (Fsp3) is 0.650. The molecular formula is C20H26F2N4O3S. The summed E-state index contributed by atoms with van der Waals surface area (Å²) in [5.74, 6) is -2.14. The van der Waals surface area contributed by atoms with E-state index in [0.717, 1.165) is 25.7 Å². The summed E-state index contributed by atoms with van der Waals surface area (Å²) in [6, 6.07) is 3.61. The van der Waals surface area contributed by atoms with E-state index in [0.29, 0.717) is 28.0 Å². The number of aromatic nitrogens is 2. The lowest BCUT2D eigenvalue weighted by Crippen LogP contribution is -2.56. The van der Waals surface area contributed by atoms with E-state index in [1.165, 1.54) is 18.3 Å². The normalized spacial score (nSPS) is 24.3. The SMILES string of the molecule is CC(=O)N[C@@H](C)COC1CCC(Oc2ccc3nc(N4CC(F)(F)C4)sc3n2)CC1. The summed E-state index contributed by atoms with van der Waals surface area (Å²) in [6.45, 7) is 3.36. The molecule has 1 aliphatic carbocycles. The second-order valence-corrected chi connectivity index (χ2v) is 9.09. The minimum absolute atomic E-state index is 0.000752. The van der Waals surface area contributed by atoms with E-state index in [2.05, 4.69) is 15.3 Å². The molecule has 2 aromatic rings. The maximum atomic E-state index is 13.1. The number of nitrogens with zero attached hydrogens (tertiary/aromatic N) is 3. The highest BCUT2D eigenvalue weighted by Gasteiger charge is 2.45. The Bertz CT molecular complexity index is 893. The number of anilines is 1. The van der Waals surface area contributed by atoms with Crippen LogP contribution < -0.4 is 15.0 Å². The Morgan fingerprint density at radius 3 is 2.63 bits per heavy atom. The van der Waals surface area contributed by atoms with Gasteiger partial charge in [-0.05, 0) is 38.7 Å². The monoisotopic (exact) mass is 440 g/mol. The van der Waals surface area contributed by atoms with Gasteiger partial charge >= 0.3 is 0 Å². The minimum atomic E-state index is -2.62. The Hall–Kier alpha value is -2.07. The highest BCUT2D eigenvalue weighted by Crippen LogP contribution is 2.36. The quantitative estimate of drug-likeness (QED) is 0.711. The van der Waals surface area contributed by atoms with Gasteiger partial charge in [-0.1, -0.05) is 11.3 Å². The molecule has 2 aliphatic rings.